The minimum absolute atomic E-state index is 0.0726. The molecule has 0 aliphatic heterocycles. The summed E-state index contributed by atoms with van der Waals surface area (Å²) in [5.74, 6) is 0.517. The minimum Gasteiger partial charge on any atom is -0.395 e. The van der Waals surface area contributed by atoms with E-state index in [-0.39, 0.29) is 6.54 Å². The van der Waals surface area contributed by atoms with E-state index in [0.29, 0.717) is 5.82 Å². The molecular formula is C7H14N4O3S. The Morgan fingerprint density at radius 1 is 1.67 bits per heavy atom. The summed E-state index contributed by atoms with van der Waals surface area (Å²) in [5.41, 5.74) is 0. The number of nitrogens with one attached hydrogen (secondary N) is 1. The Hall–Kier alpha value is -0.990. The lowest BCUT2D eigenvalue weighted by Gasteiger charge is -2.10. The molecule has 86 valence electrons. The number of aliphatic hydroxyl groups is 1. The van der Waals surface area contributed by atoms with Crippen molar-refractivity contribution >= 4 is 10.0 Å². The second kappa shape index (κ2) is 4.69. The maximum Gasteiger partial charge on any atom is 0.216 e. The van der Waals surface area contributed by atoms with Gasteiger partial charge in [-0.3, -0.25) is 0 Å². The third-order valence-corrected chi connectivity index (χ3v) is 3.78. The number of aryl methyl sites for hydroxylation is 1. The smallest absolute Gasteiger partial charge is 0.216 e. The van der Waals surface area contributed by atoms with Gasteiger partial charge in [0.25, 0.3) is 0 Å². The summed E-state index contributed by atoms with van der Waals surface area (Å²) in [7, 11) is -1.76. The fourth-order valence-electron chi connectivity index (χ4n) is 0.873. The number of aromatic nitrogens is 3. The molecule has 1 aromatic rings. The highest BCUT2D eigenvalue weighted by atomic mass is 32.2. The van der Waals surface area contributed by atoms with Gasteiger partial charge in [-0.2, -0.15) is 0 Å². The van der Waals surface area contributed by atoms with Gasteiger partial charge >= 0.3 is 0 Å². The van der Waals surface area contributed by atoms with Crippen LogP contribution in [0, 0.1) is 0 Å². The van der Waals surface area contributed by atoms with E-state index in [1.807, 2.05) is 0 Å². The lowest BCUT2D eigenvalue weighted by atomic mass is 10.5. The molecule has 1 atom stereocenters. The first-order chi connectivity index (χ1) is 6.97. The van der Waals surface area contributed by atoms with Crippen molar-refractivity contribution in [3.05, 3.63) is 12.2 Å². The van der Waals surface area contributed by atoms with E-state index in [0.717, 1.165) is 0 Å². The molecule has 0 saturated carbocycles. The second-order valence-electron chi connectivity index (χ2n) is 3.22. The van der Waals surface area contributed by atoms with Crippen molar-refractivity contribution < 1.29 is 13.5 Å². The molecule has 0 saturated heterocycles. The molecule has 1 heterocycles. The van der Waals surface area contributed by atoms with Crippen LogP contribution in [0.4, 0.5) is 0 Å². The Balaban J connectivity index is 2.62. The molecule has 0 fully saturated rings. The van der Waals surface area contributed by atoms with Crippen LogP contribution in [0.1, 0.15) is 12.7 Å². The molecule has 2 N–H and O–H groups in total. The summed E-state index contributed by atoms with van der Waals surface area (Å²) >= 11 is 0. The average Bonchev–Trinajstić information content (AvgIpc) is 2.60. The monoisotopic (exact) mass is 234 g/mol. The largest absolute Gasteiger partial charge is 0.395 e. The van der Waals surface area contributed by atoms with Crippen LogP contribution >= 0.6 is 0 Å². The second-order valence-corrected chi connectivity index (χ2v) is 5.40. The number of aliphatic hydroxyl groups excluding tert-OH is 1. The summed E-state index contributed by atoms with van der Waals surface area (Å²) in [6.07, 6.45) is 1.49. The first-order valence-corrected chi connectivity index (χ1v) is 5.94. The predicted octanol–water partition coefficient (Wildman–Crippen LogP) is -1.38. The molecule has 0 aliphatic rings. The van der Waals surface area contributed by atoms with E-state index in [2.05, 4.69) is 14.9 Å². The molecule has 0 aliphatic carbocycles. The highest BCUT2D eigenvalue weighted by Crippen LogP contribution is 1.99. The van der Waals surface area contributed by atoms with Crippen molar-refractivity contribution in [2.75, 3.05) is 6.61 Å². The van der Waals surface area contributed by atoms with E-state index in [4.69, 9.17) is 5.11 Å². The zero-order valence-electron chi connectivity index (χ0n) is 8.58. The van der Waals surface area contributed by atoms with E-state index in [1.165, 1.54) is 13.3 Å². The van der Waals surface area contributed by atoms with Crippen LogP contribution in [0.25, 0.3) is 0 Å². The normalized spacial score (nSPS) is 14.1. The zero-order valence-corrected chi connectivity index (χ0v) is 9.40. The van der Waals surface area contributed by atoms with Gasteiger partial charge in [0.2, 0.25) is 10.0 Å². The minimum atomic E-state index is -3.48. The Kier molecular flexibility index (Phi) is 3.77. The van der Waals surface area contributed by atoms with Gasteiger partial charge in [-0.1, -0.05) is 0 Å². The van der Waals surface area contributed by atoms with Crippen molar-refractivity contribution in [3.63, 3.8) is 0 Å². The quantitative estimate of drug-likeness (QED) is 0.654. The molecule has 1 rings (SSSR count). The van der Waals surface area contributed by atoms with Crippen LogP contribution in [0.5, 0.6) is 0 Å². The molecular weight excluding hydrogens is 220 g/mol. The fraction of sp³-hybridized carbons (Fsp3) is 0.714. The van der Waals surface area contributed by atoms with E-state index < -0.39 is 21.9 Å². The Morgan fingerprint density at radius 3 is 2.80 bits per heavy atom. The number of hydrogen-bond donors (Lipinski definition) is 2. The molecule has 1 aromatic heterocycles. The third-order valence-electron chi connectivity index (χ3n) is 2.02. The van der Waals surface area contributed by atoms with Crippen molar-refractivity contribution in [3.8, 4) is 0 Å². The molecule has 8 heteroatoms. The Labute approximate surface area is 88.2 Å². The van der Waals surface area contributed by atoms with Crippen molar-refractivity contribution in [2.24, 2.45) is 7.05 Å². The summed E-state index contributed by atoms with van der Waals surface area (Å²) in [6, 6.07) is 0. The summed E-state index contributed by atoms with van der Waals surface area (Å²) in [4.78, 5) is 0. The van der Waals surface area contributed by atoms with Gasteiger partial charge in [0.1, 0.15) is 12.2 Å². The van der Waals surface area contributed by atoms with Gasteiger partial charge in [0.15, 0.2) is 0 Å². The van der Waals surface area contributed by atoms with Crippen molar-refractivity contribution in [2.45, 2.75) is 18.7 Å². The standard InChI is InChI=1S/C7H14N4O3S/c1-6(4-12)15(13,14)9-3-7-10-8-5-11(7)2/h5-6,9,12H,3-4H2,1-2H3. The van der Waals surface area contributed by atoms with Crippen molar-refractivity contribution in [1.29, 1.82) is 0 Å². The van der Waals surface area contributed by atoms with Crippen LogP contribution < -0.4 is 4.72 Å². The summed E-state index contributed by atoms with van der Waals surface area (Å²) < 4.78 is 26.8. The fourth-order valence-corrected chi connectivity index (χ4v) is 1.68. The van der Waals surface area contributed by atoms with Crippen LogP contribution in [-0.4, -0.2) is 40.1 Å². The summed E-state index contributed by atoms with van der Waals surface area (Å²) in [5, 5.41) is 15.2. The molecule has 0 spiro atoms. The number of sulfonamides is 1. The first-order valence-electron chi connectivity index (χ1n) is 4.39. The van der Waals surface area contributed by atoms with Crippen molar-refractivity contribution in [1.82, 2.24) is 19.5 Å². The average molecular weight is 234 g/mol. The van der Waals surface area contributed by atoms with E-state index in [9.17, 15) is 8.42 Å². The topological polar surface area (TPSA) is 97.1 Å². The maximum atomic E-state index is 11.4. The van der Waals surface area contributed by atoms with E-state index >= 15 is 0 Å². The predicted molar refractivity (Wildman–Crippen MR) is 53.3 cm³/mol. The van der Waals surface area contributed by atoms with Gasteiger partial charge in [-0.05, 0) is 6.92 Å². The van der Waals surface area contributed by atoms with Crippen LogP contribution in [0.15, 0.2) is 6.33 Å². The lowest BCUT2D eigenvalue weighted by Crippen LogP contribution is -2.34. The Bertz CT molecular complexity index is 414. The van der Waals surface area contributed by atoms with Gasteiger partial charge in [0.05, 0.1) is 18.4 Å². The first kappa shape index (κ1) is 12.1. The number of nitrogens with zero attached hydrogens (tertiary/aromatic N) is 3. The number of rotatable bonds is 5. The molecule has 7 nitrogen and oxygen atoms in total. The van der Waals surface area contributed by atoms with Gasteiger partial charge in [-0.15, -0.1) is 10.2 Å². The summed E-state index contributed by atoms with van der Waals surface area (Å²) in [6.45, 7) is 1.09. The molecule has 0 bridgehead atoms. The Morgan fingerprint density at radius 2 is 2.33 bits per heavy atom. The van der Waals surface area contributed by atoms with Gasteiger partial charge in [0, 0.05) is 7.05 Å². The van der Waals surface area contributed by atoms with Gasteiger partial charge < -0.3 is 9.67 Å². The van der Waals surface area contributed by atoms with E-state index in [1.54, 1.807) is 11.6 Å². The molecule has 15 heavy (non-hydrogen) atoms. The molecule has 0 amide bonds. The maximum absolute atomic E-state index is 11.4. The highest BCUT2D eigenvalue weighted by molar-refractivity contribution is 7.90. The molecule has 0 aromatic carbocycles. The van der Waals surface area contributed by atoms with Crippen LogP contribution in [-0.2, 0) is 23.6 Å². The van der Waals surface area contributed by atoms with Crippen LogP contribution in [0.2, 0.25) is 0 Å². The van der Waals surface area contributed by atoms with Gasteiger partial charge in [-0.25, -0.2) is 13.1 Å². The van der Waals surface area contributed by atoms with Crippen LogP contribution in [0.3, 0.4) is 0 Å². The zero-order chi connectivity index (χ0) is 11.5. The number of hydrogen-bond acceptors (Lipinski definition) is 5. The molecule has 1 unspecified atom stereocenters. The highest BCUT2D eigenvalue weighted by Gasteiger charge is 2.19. The lowest BCUT2D eigenvalue weighted by molar-refractivity contribution is 0.294. The SMILES string of the molecule is CC(CO)S(=O)(=O)NCc1nncn1C. The molecule has 0 radical (unpaired) electrons. The third kappa shape index (κ3) is 2.98.